The van der Waals surface area contributed by atoms with E-state index in [9.17, 15) is 19.2 Å². The summed E-state index contributed by atoms with van der Waals surface area (Å²) in [4.78, 5) is 47.3. The summed E-state index contributed by atoms with van der Waals surface area (Å²) >= 11 is 1.51. The fourth-order valence-corrected chi connectivity index (χ4v) is 2.54. The molecule has 8 nitrogen and oxygen atoms in total. The van der Waals surface area contributed by atoms with Gasteiger partial charge in [0.1, 0.15) is 6.04 Å². The Morgan fingerprint density at radius 3 is 2.56 bits per heavy atom. The second-order valence-corrected chi connectivity index (χ2v) is 6.54. The lowest BCUT2D eigenvalue weighted by atomic mass is 10.1. The molecule has 0 saturated heterocycles. The Bertz CT molecular complexity index is 680. The molecular formula is C18H24N2O6S. The predicted octanol–water partition coefficient (Wildman–Crippen LogP) is 1.66. The fraction of sp³-hybridized carbons (Fsp3) is 0.444. The van der Waals surface area contributed by atoms with Gasteiger partial charge in [0.05, 0.1) is 6.61 Å². The molecule has 0 radical (unpaired) electrons. The number of ether oxygens (including phenoxy) is 2. The Kier molecular flexibility index (Phi) is 9.95. The summed E-state index contributed by atoms with van der Waals surface area (Å²) in [6.07, 6.45) is 1.31. The van der Waals surface area contributed by atoms with Gasteiger partial charge < -0.3 is 14.8 Å². The number of esters is 1. The smallest absolute Gasteiger partial charge is 0.413 e. The van der Waals surface area contributed by atoms with E-state index in [0.29, 0.717) is 17.7 Å². The normalized spacial score (nSPS) is 11.2. The zero-order valence-electron chi connectivity index (χ0n) is 15.6. The molecule has 0 aliphatic heterocycles. The number of carbonyl (C=O) groups excluding carboxylic acids is 4. The zero-order chi connectivity index (χ0) is 20.2. The maximum atomic E-state index is 12.4. The molecule has 0 aliphatic rings. The van der Waals surface area contributed by atoms with E-state index in [4.69, 9.17) is 4.74 Å². The number of imide groups is 1. The van der Waals surface area contributed by atoms with Crippen LogP contribution in [-0.2, 0) is 19.1 Å². The maximum absolute atomic E-state index is 12.4. The Hall–Kier alpha value is -2.55. The highest BCUT2D eigenvalue weighted by Crippen LogP contribution is 2.07. The summed E-state index contributed by atoms with van der Waals surface area (Å²) < 4.78 is 9.48. The Morgan fingerprint density at radius 2 is 1.93 bits per heavy atom. The van der Waals surface area contributed by atoms with E-state index in [1.807, 2.05) is 24.6 Å². The molecule has 1 rings (SSSR count). The van der Waals surface area contributed by atoms with Crippen LogP contribution in [0.2, 0.25) is 0 Å². The van der Waals surface area contributed by atoms with Gasteiger partial charge in [-0.2, -0.15) is 11.8 Å². The van der Waals surface area contributed by atoms with Crippen LogP contribution in [0.4, 0.5) is 4.79 Å². The minimum absolute atomic E-state index is 0.112. The highest BCUT2D eigenvalue weighted by molar-refractivity contribution is 7.98. The van der Waals surface area contributed by atoms with E-state index in [0.717, 1.165) is 5.56 Å². The monoisotopic (exact) mass is 396 g/mol. The van der Waals surface area contributed by atoms with Crippen molar-refractivity contribution in [3.63, 3.8) is 0 Å². The van der Waals surface area contributed by atoms with E-state index >= 15 is 0 Å². The van der Waals surface area contributed by atoms with Crippen molar-refractivity contribution in [2.75, 3.05) is 25.2 Å². The van der Waals surface area contributed by atoms with E-state index < -0.39 is 36.5 Å². The molecule has 0 aromatic heterocycles. The van der Waals surface area contributed by atoms with Gasteiger partial charge in [-0.25, -0.2) is 9.59 Å². The van der Waals surface area contributed by atoms with E-state index in [2.05, 4.69) is 10.1 Å². The SMILES string of the molecule is CCOC(=O)NC(=O)COC(=O)[C@H](CCSC)NC(=O)c1cccc(C)c1. The number of hydrogen-bond donors (Lipinski definition) is 2. The average molecular weight is 396 g/mol. The van der Waals surface area contributed by atoms with Crippen LogP contribution < -0.4 is 10.6 Å². The molecule has 0 fully saturated rings. The van der Waals surface area contributed by atoms with Gasteiger partial charge in [-0.05, 0) is 44.4 Å². The molecule has 1 aromatic rings. The molecule has 0 saturated carbocycles. The van der Waals surface area contributed by atoms with Crippen LogP contribution in [0, 0.1) is 6.92 Å². The van der Waals surface area contributed by atoms with E-state index in [-0.39, 0.29) is 6.61 Å². The van der Waals surface area contributed by atoms with Crippen molar-refractivity contribution in [3.05, 3.63) is 35.4 Å². The summed E-state index contributed by atoms with van der Waals surface area (Å²) in [6.45, 7) is 2.92. The molecule has 0 spiro atoms. The topological polar surface area (TPSA) is 111 Å². The molecule has 3 amide bonds. The van der Waals surface area contributed by atoms with Gasteiger partial charge in [0.15, 0.2) is 6.61 Å². The third-order valence-corrected chi connectivity index (χ3v) is 3.99. The van der Waals surface area contributed by atoms with Crippen LogP contribution in [0.1, 0.15) is 29.3 Å². The Labute approximate surface area is 162 Å². The first-order valence-corrected chi connectivity index (χ1v) is 9.76. The van der Waals surface area contributed by atoms with Crippen molar-refractivity contribution in [2.45, 2.75) is 26.3 Å². The highest BCUT2D eigenvalue weighted by Gasteiger charge is 2.23. The van der Waals surface area contributed by atoms with Gasteiger partial charge in [-0.3, -0.25) is 14.9 Å². The minimum atomic E-state index is -0.912. The Balaban J connectivity index is 2.64. The van der Waals surface area contributed by atoms with Crippen LogP contribution in [0.25, 0.3) is 0 Å². The van der Waals surface area contributed by atoms with Crippen LogP contribution in [0.3, 0.4) is 0 Å². The first-order valence-electron chi connectivity index (χ1n) is 8.37. The molecule has 9 heteroatoms. The largest absolute Gasteiger partial charge is 0.454 e. The van der Waals surface area contributed by atoms with Gasteiger partial charge >= 0.3 is 12.1 Å². The summed E-state index contributed by atoms with van der Waals surface area (Å²) in [5.74, 6) is -1.35. The minimum Gasteiger partial charge on any atom is -0.454 e. The standard InChI is InChI=1S/C18H24N2O6S/c1-4-25-18(24)20-15(21)11-26-17(23)14(8-9-27-3)19-16(22)13-7-5-6-12(2)10-13/h5-7,10,14H,4,8-9,11H2,1-3H3,(H,19,22)(H,20,21,24)/t14-/m0/s1. The van der Waals surface area contributed by atoms with Crippen molar-refractivity contribution in [2.24, 2.45) is 0 Å². The molecule has 27 heavy (non-hydrogen) atoms. The number of alkyl carbamates (subject to hydrolysis) is 1. The molecule has 1 atom stereocenters. The van der Waals surface area contributed by atoms with Crippen molar-refractivity contribution < 1.29 is 28.7 Å². The average Bonchev–Trinajstić information content (AvgIpc) is 2.63. The number of carbonyl (C=O) groups is 4. The lowest BCUT2D eigenvalue weighted by Crippen LogP contribution is -2.43. The number of rotatable bonds is 9. The quantitative estimate of drug-likeness (QED) is 0.611. The maximum Gasteiger partial charge on any atom is 0.413 e. The van der Waals surface area contributed by atoms with Crippen LogP contribution in [0.15, 0.2) is 24.3 Å². The molecular weight excluding hydrogens is 372 g/mol. The summed E-state index contributed by atoms with van der Waals surface area (Å²) in [5.41, 5.74) is 1.35. The van der Waals surface area contributed by atoms with Gasteiger partial charge in [0.2, 0.25) is 0 Å². The highest BCUT2D eigenvalue weighted by atomic mass is 32.2. The van der Waals surface area contributed by atoms with Crippen molar-refractivity contribution in [1.82, 2.24) is 10.6 Å². The van der Waals surface area contributed by atoms with Gasteiger partial charge in [0, 0.05) is 5.56 Å². The Morgan fingerprint density at radius 1 is 1.19 bits per heavy atom. The van der Waals surface area contributed by atoms with E-state index in [1.165, 1.54) is 11.8 Å². The lowest BCUT2D eigenvalue weighted by molar-refractivity contribution is -0.150. The first-order chi connectivity index (χ1) is 12.9. The van der Waals surface area contributed by atoms with Gasteiger partial charge in [-0.15, -0.1) is 0 Å². The van der Waals surface area contributed by atoms with Crippen molar-refractivity contribution in [1.29, 1.82) is 0 Å². The van der Waals surface area contributed by atoms with Crippen molar-refractivity contribution in [3.8, 4) is 0 Å². The predicted molar refractivity (Wildman–Crippen MR) is 102 cm³/mol. The van der Waals surface area contributed by atoms with Crippen LogP contribution in [-0.4, -0.2) is 55.1 Å². The summed E-state index contributed by atoms with van der Waals surface area (Å²) in [5, 5.41) is 4.55. The number of amides is 3. The molecule has 0 aliphatic carbocycles. The second-order valence-electron chi connectivity index (χ2n) is 5.55. The number of thioether (sulfide) groups is 1. The van der Waals surface area contributed by atoms with Gasteiger partial charge in [0.25, 0.3) is 11.8 Å². The van der Waals surface area contributed by atoms with E-state index in [1.54, 1.807) is 25.1 Å². The molecule has 0 bridgehead atoms. The lowest BCUT2D eigenvalue weighted by Gasteiger charge is -2.17. The van der Waals surface area contributed by atoms with Crippen molar-refractivity contribution >= 4 is 35.6 Å². The number of nitrogens with one attached hydrogen (secondary N) is 2. The first kappa shape index (κ1) is 22.5. The number of aryl methyl sites for hydroxylation is 1. The molecule has 148 valence electrons. The third kappa shape index (κ3) is 8.59. The molecule has 2 N–H and O–H groups in total. The third-order valence-electron chi connectivity index (χ3n) is 3.34. The van der Waals surface area contributed by atoms with Gasteiger partial charge in [-0.1, -0.05) is 17.7 Å². The van der Waals surface area contributed by atoms with Crippen LogP contribution in [0.5, 0.6) is 0 Å². The molecule has 1 aromatic carbocycles. The second kappa shape index (κ2) is 11.9. The molecule has 0 heterocycles. The summed E-state index contributed by atoms with van der Waals surface area (Å²) in [7, 11) is 0. The molecule has 0 unspecified atom stereocenters. The number of hydrogen-bond acceptors (Lipinski definition) is 7. The number of benzene rings is 1. The van der Waals surface area contributed by atoms with Crippen LogP contribution >= 0.6 is 11.8 Å². The fourth-order valence-electron chi connectivity index (χ4n) is 2.07. The summed E-state index contributed by atoms with van der Waals surface area (Å²) in [6, 6.07) is 6.06. The zero-order valence-corrected chi connectivity index (χ0v) is 16.4.